The van der Waals surface area contributed by atoms with Gasteiger partial charge >= 0.3 is 0 Å². The molecule has 4 rings (SSSR count). The normalized spacial score (nSPS) is 25.2. The van der Waals surface area contributed by atoms with Crippen LogP contribution in [-0.4, -0.2) is 80.6 Å². The van der Waals surface area contributed by atoms with E-state index in [2.05, 4.69) is 20.6 Å². The predicted molar refractivity (Wildman–Crippen MR) is 123 cm³/mol. The first kappa shape index (κ1) is 24.1. The third-order valence-corrected chi connectivity index (χ3v) is 7.46. The summed E-state index contributed by atoms with van der Waals surface area (Å²) >= 11 is 8.82. The Labute approximate surface area is 202 Å². The van der Waals surface area contributed by atoms with Crippen molar-refractivity contribution in [2.45, 2.75) is 34.7 Å². The Morgan fingerprint density at radius 2 is 2.27 bits per heavy atom. The summed E-state index contributed by atoms with van der Waals surface area (Å²) in [6, 6.07) is 4.20. The van der Waals surface area contributed by atoms with Gasteiger partial charge in [0.2, 0.25) is 0 Å². The Bertz CT molecular complexity index is 1100. The lowest BCUT2D eigenvalue weighted by Gasteiger charge is -2.43. The lowest BCUT2D eigenvalue weighted by Crippen LogP contribution is -2.55. The molecule has 3 aromatic rings. The molecule has 1 amide bonds. The number of hydrogen-bond acceptors (Lipinski definition) is 10. The number of thioether (sulfide) groups is 1. The van der Waals surface area contributed by atoms with Crippen molar-refractivity contribution >= 4 is 40.6 Å². The van der Waals surface area contributed by atoms with Crippen LogP contribution in [0.15, 0.2) is 40.9 Å². The number of benzene rings is 1. The minimum absolute atomic E-state index is 0.279. The number of nitrogens with one attached hydrogen (secondary N) is 1. The third kappa shape index (κ3) is 4.92. The number of halogens is 1. The van der Waals surface area contributed by atoms with Crippen LogP contribution in [0.1, 0.15) is 16.4 Å². The van der Waals surface area contributed by atoms with E-state index < -0.39 is 36.4 Å². The maximum absolute atomic E-state index is 12.4. The zero-order valence-electron chi connectivity index (χ0n) is 17.7. The minimum atomic E-state index is -1.12. The molecule has 1 fully saturated rings. The zero-order chi connectivity index (χ0) is 23.5. The number of rotatable bonds is 7. The lowest BCUT2D eigenvalue weighted by molar-refractivity contribution is -0.186. The maximum Gasteiger partial charge on any atom is 0.252 e. The van der Waals surface area contributed by atoms with Crippen molar-refractivity contribution in [3.05, 3.63) is 46.6 Å². The molecule has 0 spiro atoms. The van der Waals surface area contributed by atoms with E-state index in [9.17, 15) is 15.0 Å². The average molecular weight is 512 g/mol. The SMILES string of the molecule is CNC(=O)c1ccc(Cl)cc1SC1OC(CO)C(O)C(n2cc(-c3nccs3)nn2)C1OC. The van der Waals surface area contributed by atoms with Crippen LogP contribution >= 0.6 is 34.7 Å². The Morgan fingerprint density at radius 3 is 2.94 bits per heavy atom. The number of aliphatic hydroxyl groups is 2. The van der Waals surface area contributed by atoms with E-state index in [1.165, 1.54) is 34.9 Å². The van der Waals surface area contributed by atoms with Crippen LogP contribution in [0.5, 0.6) is 0 Å². The van der Waals surface area contributed by atoms with Gasteiger partial charge in [-0.2, -0.15) is 0 Å². The van der Waals surface area contributed by atoms with E-state index in [4.69, 9.17) is 21.1 Å². The number of nitrogens with zero attached hydrogens (tertiary/aromatic N) is 4. The fraction of sp³-hybridized carbons (Fsp3) is 0.400. The van der Waals surface area contributed by atoms with Crippen molar-refractivity contribution in [2.75, 3.05) is 20.8 Å². The molecule has 3 heterocycles. The van der Waals surface area contributed by atoms with Crippen molar-refractivity contribution in [2.24, 2.45) is 0 Å². The Hall–Kier alpha value is -2.06. The highest BCUT2D eigenvalue weighted by atomic mass is 35.5. The van der Waals surface area contributed by atoms with E-state index in [0.29, 0.717) is 26.2 Å². The van der Waals surface area contributed by atoms with E-state index in [1.54, 1.807) is 37.6 Å². The number of carbonyl (C=O) groups excluding carboxylic acids is 1. The molecule has 5 atom stereocenters. The third-order valence-electron chi connectivity index (χ3n) is 5.22. The molecule has 0 saturated carbocycles. The molecule has 5 unspecified atom stereocenters. The lowest BCUT2D eigenvalue weighted by atomic mass is 9.97. The van der Waals surface area contributed by atoms with Crippen LogP contribution in [0.2, 0.25) is 5.02 Å². The van der Waals surface area contributed by atoms with Gasteiger partial charge in [-0.15, -0.1) is 16.4 Å². The monoisotopic (exact) mass is 511 g/mol. The summed E-state index contributed by atoms with van der Waals surface area (Å²) in [5, 5.41) is 34.8. The van der Waals surface area contributed by atoms with Gasteiger partial charge in [-0.3, -0.25) is 4.79 Å². The molecule has 2 aromatic heterocycles. The van der Waals surface area contributed by atoms with Gasteiger partial charge in [0, 0.05) is 35.7 Å². The Balaban J connectivity index is 1.68. The van der Waals surface area contributed by atoms with Gasteiger partial charge in [0.25, 0.3) is 5.91 Å². The van der Waals surface area contributed by atoms with Crippen LogP contribution < -0.4 is 5.32 Å². The predicted octanol–water partition coefficient (Wildman–Crippen LogP) is 1.84. The number of thiazole rings is 1. The highest BCUT2D eigenvalue weighted by Gasteiger charge is 2.47. The van der Waals surface area contributed by atoms with E-state index >= 15 is 0 Å². The summed E-state index contributed by atoms with van der Waals surface area (Å²) in [5.74, 6) is -0.279. The molecular weight excluding hydrogens is 490 g/mol. The van der Waals surface area contributed by atoms with Crippen LogP contribution in [0.25, 0.3) is 10.7 Å². The largest absolute Gasteiger partial charge is 0.394 e. The van der Waals surface area contributed by atoms with Crippen molar-refractivity contribution < 1.29 is 24.5 Å². The first-order chi connectivity index (χ1) is 16.0. The number of carbonyl (C=O) groups is 1. The average Bonchev–Trinajstić information content (AvgIpc) is 3.51. The number of aromatic nitrogens is 4. The van der Waals surface area contributed by atoms with Gasteiger partial charge in [-0.05, 0) is 18.2 Å². The topological polar surface area (TPSA) is 132 Å². The van der Waals surface area contributed by atoms with Gasteiger partial charge in [0.05, 0.1) is 18.4 Å². The number of methoxy groups -OCH3 is 1. The molecule has 1 aliphatic rings. The quantitative estimate of drug-likeness (QED) is 0.434. The smallest absolute Gasteiger partial charge is 0.252 e. The van der Waals surface area contributed by atoms with Crippen molar-refractivity contribution in [3.63, 3.8) is 0 Å². The second-order valence-corrected chi connectivity index (χ2v) is 9.64. The molecule has 1 aromatic carbocycles. The van der Waals surface area contributed by atoms with Gasteiger partial charge < -0.3 is 25.0 Å². The number of hydrogen-bond donors (Lipinski definition) is 3. The highest BCUT2D eigenvalue weighted by Crippen LogP contribution is 2.41. The van der Waals surface area contributed by atoms with Crippen LogP contribution in [0.3, 0.4) is 0 Å². The molecule has 0 radical (unpaired) electrons. The van der Waals surface area contributed by atoms with Crippen molar-refractivity contribution in [1.82, 2.24) is 25.3 Å². The molecule has 10 nitrogen and oxygen atoms in total. The fourth-order valence-corrected chi connectivity index (χ4v) is 5.78. The number of ether oxygens (including phenoxy) is 2. The van der Waals surface area contributed by atoms with E-state index in [1.807, 2.05) is 5.38 Å². The van der Waals surface area contributed by atoms with Gasteiger partial charge in [-0.1, -0.05) is 28.6 Å². The molecule has 3 N–H and O–H groups in total. The Kier molecular flexibility index (Phi) is 7.64. The van der Waals surface area contributed by atoms with Crippen molar-refractivity contribution in [1.29, 1.82) is 0 Å². The van der Waals surface area contributed by atoms with E-state index in [-0.39, 0.29) is 5.91 Å². The molecule has 0 bridgehead atoms. The molecule has 13 heteroatoms. The summed E-state index contributed by atoms with van der Waals surface area (Å²) in [6.07, 6.45) is 0.615. The molecule has 1 saturated heterocycles. The summed E-state index contributed by atoms with van der Waals surface area (Å²) in [4.78, 5) is 17.2. The summed E-state index contributed by atoms with van der Waals surface area (Å²) in [7, 11) is 3.04. The Morgan fingerprint density at radius 1 is 1.45 bits per heavy atom. The number of aliphatic hydroxyl groups excluding tert-OH is 2. The molecule has 176 valence electrons. The van der Waals surface area contributed by atoms with Crippen LogP contribution in [-0.2, 0) is 9.47 Å². The molecule has 33 heavy (non-hydrogen) atoms. The molecule has 0 aliphatic carbocycles. The second kappa shape index (κ2) is 10.5. The van der Waals surface area contributed by atoms with E-state index in [0.717, 1.165) is 0 Å². The van der Waals surface area contributed by atoms with Gasteiger partial charge in [0.1, 0.15) is 40.5 Å². The first-order valence-electron chi connectivity index (χ1n) is 9.94. The summed E-state index contributed by atoms with van der Waals surface area (Å²) in [6.45, 7) is -0.420. The molecule has 1 aliphatic heterocycles. The van der Waals surface area contributed by atoms with Crippen LogP contribution in [0.4, 0.5) is 0 Å². The van der Waals surface area contributed by atoms with Crippen molar-refractivity contribution in [3.8, 4) is 10.7 Å². The maximum atomic E-state index is 12.4. The van der Waals surface area contributed by atoms with Gasteiger partial charge in [-0.25, -0.2) is 9.67 Å². The van der Waals surface area contributed by atoms with Gasteiger partial charge in [0.15, 0.2) is 0 Å². The second-order valence-electron chi connectivity index (χ2n) is 7.17. The summed E-state index contributed by atoms with van der Waals surface area (Å²) in [5.41, 5.74) is 0.273. The summed E-state index contributed by atoms with van der Waals surface area (Å²) < 4.78 is 13.2. The fourth-order valence-electron chi connectivity index (χ4n) is 3.62. The molecular formula is C20H22ClN5O5S2. The first-order valence-corrected chi connectivity index (χ1v) is 12.1. The highest BCUT2D eigenvalue weighted by molar-refractivity contribution is 8.00. The standard InChI is InChI=1S/C20H22ClN5O5S2/c1-22-18(29)11-4-3-10(21)7-14(11)33-20-17(30-2)15(16(28)13(9-27)31-20)26-8-12(24-25-26)19-23-5-6-32-19/h3-8,13,15-17,20,27-28H,9H2,1-2H3,(H,22,29). The van der Waals surface area contributed by atoms with Crippen LogP contribution in [0, 0.1) is 0 Å². The minimum Gasteiger partial charge on any atom is -0.394 e. The zero-order valence-corrected chi connectivity index (χ0v) is 20.0. The number of amides is 1.